The molecule has 0 aliphatic heterocycles. The SMILES string of the molecule is C[S+]([O-])c1nnc(-c2cc3c(N[C@@H]4CC[C@](C)(NC(=O)OC(C)(C)C)C4(C)C)c(C(N)=O)cnn3c2)o1. The number of rotatable bonds is 6. The smallest absolute Gasteiger partial charge is 0.435 e. The van der Waals surface area contributed by atoms with Gasteiger partial charge in [0.05, 0.1) is 28.5 Å². The Kier molecular flexibility index (Phi) is 6.65. The Labute approximate surface area is 217 Å². The number of nitrogens with zero attached hydrogens (tertiary/aromatic N) is 4. The first kappa shape index (κ1) is 26.7. The maximum atomic E-state index is 12.6. The molecule has 4 N–H and O–H groups in total. The molecule has 37 heavy (non-hydrogen) atoms. The van der Waals surface area contributed by atoms with Gasteiger partial charge >= 0.3 is 11.3 Å². The molecule has 0 spiro atoms. The van der Waals surface area contributed by atoms with Crippen molar-refractivity contribution in [3.8, 4) is 11.5 Å². The number of primary amides is 1. The van der Waals surface area contributed by atoms with Crippen LogP contribution in [0.1, 0.15) is 64.7 Å². The summed E-state index contributed by atoms with van der Waals surface area (Å²) in [4.78, 5) is 25.0. The van der Waals surface area contributed by atoms with Crippen molar-refractivity contribution in [1.82, 2.24) is 25.1 Å². The van der Waals surface area contributed by atoms with E-state index in [1.807, 2.05) is 27.7 Å². The summed E-state index contributed by atoms with van der Waals surface area (Å²) >= 11 is -1.42. The van der Waals surface area contributed by atoms with Crippen molar-refractivity contribution in [1.29, 1.82) is 0 Å². The van der Waals surface area contributed by atoms with E-state index in [9.17, 15) is 14.1 Å². The Morgan fingerprint density at radius 3 is 2.59 bits per heavy atom. The Balaban J connectivity index is 1.68. The highest BCUT2D eigenvalue weighted by atomic mass is 32.2. The predicted molar refractivity (Wildman–Crippen MR) is 138 cm³/mol. The summed E-state index contributed by atoms with van der Waals surface area (Å²) in [5, 5.41) is 18.7. The molecule has 0 bridgehead atoms. The van der Waals surface area contributed by atoms with Crippen molar-refractivity contribution in [2.75, 3.05) is 11.6 Å². The van der Waals surface area contributed by atoms with Gasteiger partial charge in [0, 0.05) is 34.4 Å². The Bertz CT molecular complexity index is 1340. The van der Waals surface area contributed by atoms with Crippen LogP contribution in [0.2, 0.25) is 0 Å². The fourth-order valence-corrected chi connectivity index (χ4v) is 4.99. The molecular formula is C24H33N7O5S. The van der Waals surface area contributed by atoms with Crippen LogP contribution in [0.3, 0.4) is 0 Å². The molecule has 2 amide bonds. The van der Waals surface area contributed by atoms with E-state index in [-0.39, 0.29) is 22.7 Å². The third-order valence-corrected chi connectivity index (χ3v) is 7.78. The zero-order chi connectivity index (χ0) is 27.3. The number of alkyl carbamates (subject to hydrolysis) is 1. The molecule has 3 aromatic rings. The number of amides is 2. The van der Waals surface area contributed by atoms with Gasteiger partial charge in [0.15, 0.2) is 0 Å². The summed E-state index contributed by atoms with van der Waals surface area (Å²) in [6.07, 6.45) is 5.46. The van der Waals surface area contributed by atoms with Gasteiger partial charge in [-0.05, 0) is 46.6 Å². The summed E-state index contributed by atoms with van der Waals surface area (Å²) < 4.78 is 24.3. The molecule has 3 heterocycles. The van der Waals surface area contributed by atoms with Crippen LogP contribution < -0.4 is 16.4 Å². The number of ether oxygens (including phenoxy) is 1. The molecule has 1 fully saturated rings. The van der Waals surface area contributed by atoms with E-state index in [0.29, 0.717) is 23.2 Å². The fraction of sp³-hybridized carbons (Fsp3) is 0.542. The Morgan fingerprint density at radius 2 is 2.00 bits per heavy atom. The lowest BCUT2D eigenvalue weighted by molar-refractivity contribution is 0.0382. The predicted octanol–water partition coefficient (Wildman–Crippen LogP) is 3.10. The molecule has 1 unspecified atom stereocenters. The summed E-state index contributed by atoms with van der Waals surface area (Å²) in [6.45, 7) is 11.6. The number of nitrogens with one attached hydrogen (secondary N) is 2. The number of carbonyl (C=O) groups excluding carboxylic acids is 2. The van der Waals surface area contributed by atoms with Crippen molar-refractivity contribution in [2.24, 2.45) is 11.1 Å². The first-order valence-corrected chi connectivity index (χ1v) is 13.4. The zero-order valence-electron chi connectivity index (χ0n) is 22.0. The quantitative estimate of drug-likeness (QED) is 0.404. The van der Waals surface area contributed by atoms with Gasteiger partial charge in [-0.15, -0.1) is 5.10 Å². The first-order valence-electron chi connectivity index (χ1n) is 11.9. The van der Waals surface area contributed by atoms with Gasteiger partial charge in [0.2, 0.25) is 0 Å². The van der Waals surface area contributed by atoms with Crippen LogP contribution >= 0.6 is 0 Å². The largest absolute Gasteiger partial charge is 0.608 e. The lowest BCUT2D eigenvalue weighted by atomic mass is 9.74. The summed E-state index contributed by atoms with van der Waals surface area (Å²) in [7, 11) is 0. The van der Waals surface area contributed by atoms with Crippen LogP contribution in [-0.2, 0) is 15.9 Å². The van der Waals surface area contributed by atoms with Crippen molar-refractivity contribution < 1.29 is 23.3 Å². The van der Waals surface area contributed by atoms with E-state index in [0.717, 1.165) is 6.42 Å². The van der Waals surface area contributed by atoms with Crippen LogP contribution in [0.5, 0.6) is 0 Å². The fourth-order valence-electron chi connectivity index (χ4n) is 4.63. The molecular weight excluding hydrogens is 498 g/mol. The zero-order valence-corrected chi connectivity index (χ0v) is 22.9. The van der Waals surface area contributed by atoms with Crippen molar-refractivity contribution in [2.45, 2.75) is 76.8 Å². The minimum absolute atomic E-state index is 0.0128. The highest BCUT2D eigenvalue weighted by Crippen LogP contribution is 2.48. The molecule has 1 aliphatic rings. The third kappa shape index (κ3) is 5.10. The Hall–Kier alpha value is -3.32. The highest BCUT2D eigenvalue weighted by Gasteiger charge is 2.53. The summed E-state index contributed by atoms with van der Waals surface area (Å²) in [6, 6.07) is 1.62. The van der Waals surface area contributed by atoms with Gasteiger partial charge < -0.3 is 30.1 Å². The topological polar surface area (TPSA) is 173 Å². The maximum Gasteiger partial charge on any atom is 0.435 e. The van der Waals surface area contributed by atoms with Crippen molar-refractivity contribution in [3.05, 3.63) is 24.0 Å². The van der Waals surface area contributed by atoms with Crippen molar-refractivity contribution >= 4 is 34.4 Å². The van der Waals surface area contributed by atoms with Crippen LogP contribution in [0.4, 0.5) is 10.5 Å². The molecule has 12 nitrogen and oxygen atoms in total. The summed E-state index contributed by atoms with van der Waals surface area (Å²) in [5.74, 6) is -0.454. The van der Waals surface area contributed by atoms with E-state index >= 15 is 0 Å². The standard InChI is InChI=1S/C24H33N7O5S/c1-22(2,3)36-20(33)28-24(6)9-8-16(23(24,4)5)27-17-14(18(25)32)11-26-31-12-13(10-15(17)31)19-29-30-21(35-19)37(7)34/h10-12,16,27H,8-9H2,1-7H3,(H2,25,32)(H,28,33)/t16-,24+,37?/m1/s1. The van der Waals surface area contributed by atoms with E-state index in [1.54, 1.807) is 16.8 Å². The maximum absolute atomic E-state index is 12.6. The van der Waals surface area contributed by atoms with E-state index in [1.165, 1.54) is 12.5 Å². The molecule has 0 saturated heterocycles. The number of nitrogens with two attached hydrogens (primary N) is 1. The molecule has 3 atom stereocenters. The third-order valence-electron chi connectivity index (χ3n) is 7.12. The van der Waals surface area contributed by atoms with Crippen LogP contribution in [0.15, 0.2) is 28.1 Å². The monoisotopic (exact) mass is 531 g/mol. The minimum Gasteiger partial charge on any atom is -0.608 e. The van der Waals surface area contributed by atoms with Gasteiger partial charge in [-0.3, -0.25) is 4.79 Å². The minimum atomic E-state index is -1.42. The molecule has 3 aromatic heterocycles. The van der Waals surface area contributed by atoms with Gasteiger partial charge in [-0.2, -0.15) is 5.10 Å². The average Bonchev–Trinajstić information content (AvgIpc) is 3.45. The van der Waals surface area contributed by atoms with Crippen LogP contribution in [0, 0.1) is 5.41 Å². The second-order valence-corrected chi connectivity index (χ2v) is 12.4. The van der Waals surface area contributed by atoms with E-state index < -0.39 is 39.7 Å². The lowest BCUT2D eigenvalue weighted by Gasteiger charge is -2.42. The molecule has 1 saturated carbocycles. The number of hydrogen-bond acceptors (Lipinski definition) is 9. The van der Waals surface area contributed by atoms with Gasteiger partial charge in [0.1, 0.15) is 11.9 Å². The molecule has 0 radical (unpaired) electrons. The van der Waals surface area contributed by atoms with Crippen molar-refractivity contribution in [3.63, 3.8) is 0 Å². The Morgan fingerprint density at radius 1 is 1.30 bits per heavy atom. The summed E-state index contributed by atoms with van der Waals surface area (Å²) in [5.41, 5.74) is 5.92. The van der Waals surface area contributed by atoms with E-state index in [4.69, 9.17) is 14.9 Å². The van der Waals surface area contributed by atoms with Gasteiger partial charge in [0.25, 0.3) is 11.8 Å². The first-order chi connectivity index (χ1) is 17.1. The molecule has 13 heteroatoms. The van der Waals surface area contributed by atoms with Crippen LogP contribution in [0.25, 0.3) is 17.0 Å². The molecule has 200 valence electrons. The molecule has 0 aromatic carbocycles. The average molecular weight is 532 g/mol. The van der Waals surface area contributed by atoms with Gasteiger partial charge in [-0.25, -0.2) is 9.31 Å². The number of anilines is 1. The second kappa shape index (κ2) is 9.21. The molecule has 1 aliphatic carbocycles. The number of aromatic nitrogens is 4. The van der Waals surface area contributed by atoms with Gasteiger partial charge in [-0.1, -0.05) is 18.9 Å². The number of hydrogen-bond donors (Lipinski definition) is 3. The lowest BCUT2D eigenvalue weighted by Crippen LogP contribution is -2.57. The highest BCUT2D eigenvalue weighted by molar-refractivity contribution is 7.90. The second-order valence-electron chi connectivity index (χ2n) is 11.1. The van der Waals surface area contributed by atoms with Crippen LogP contribution in [-0.4, -0.2) is 59.8 Å². The normalized spacial score (nSPS) is 22.1. The number of fused-ring (bicyclic) bond motifs is 1. The number of carbonyl (C=O) groups is 2. The van der Waals surface area contributed by atoms with E-state index in [2.05, 4.69) is 39.8 Å². The molecule has 4 rings (SSSR count).